The van der Waals surface area contributed by atoms with E-state index in [4.69, 9.17) is 4.74 Å². The third kappa shape index (κ3) is 3.45. The summed E-state index contributed by atoms with van der Waals surface area (Å²) in [6.45, 7) is 0.566. The summed E-state index contributed by atoms with van der Waals surface area (Å²) in [4.78, 5) is 13.3. The SMILES string of the molecule is COc1ccccc1CN(C)C(=O)CCS. The fourth-order valence-corrected chi connectivity index (χ4v) is 1.66. The predicted molar refractivity (Wildman–Crippen MR) is 67.9 cm³/mol. The number of hydrogen-bond acceptors (Lipinski definition) is 3. The molecule has 16 heavy (non-hydrogen) atoms. The van der Waals surface area contributed by atoms with Crippen molar-refractivity contribution in [2.75, 3.05) is 19.9 Å². The summed E-state index contributed by atoms with van der Waals surface area (Å²) in [7, 11) is 3.42. The molecule has 0 aliphatic carbocycles. The average Bonchev–Trinajstić information content (AvgIpc) is 2.30. The number of rotatable bonds is 5. The van der Waals surface area contributed by atoms with Crippen LogP contribution in [0.2, 0.25) is 0 Å². The minimum Gasteiger partial charge on any atom is -0.496 e. The van der Waals surface area contributed by atoms with Crippen LogP contribution < -0.4 is 4.74 Å². The van der Waals surface area contributed by atoms with Crippen LogP contribution in [-0.2, 0) is 11.3 Å². The summed E-state index contributed by atoms with van der Waals surface area (Å²) in [5.41, 5.74) is 1.01. The molecule has 88 valence electrons. The molecule has 0 saturated carbocycles. The molecule has 1 aromatic carbocycles. The van der Waals surface area contributed by atoms with Crippen LogP contribution in [0.5, 0.6) is 5.75 Å². The zero-order valence-corrected chi connectivity index (χ0v) is 10.5. The van der Waals surface area contributed by atoms with Crippen molar-refractivity contribution in [3.8, 4) is 5.75 Å². The van der Waals surface area contributed by atoms with Crippen molar-refractivity contribution >= 4 is 18.5 Å². The molecule has 0 unspecified atom stereocenters. The van der Waals surface area contributed by atoms with Crippen LogP contribution in [0, 0.1) is 0 Å². The molecule has 0 saturated heterocycles. The van der Waals surface area contributed by atoms with E-state index in [2.05, 4.69) is 12.6 Å². The van der Waals surface area contributed by atoms with Crippen molar-refractivity contribution in [1.29, 1.82) is 0 Å². The second-order valence-corrected chi connectivity index (χ2v) is 3.98. The van der Waals surface area contributed by atoms with Crippen LogP contribution in [0.4, 0.5) is 0 Å². The summed E-state index contributed by atoms with van der Waals surface area (Å²) in [6, 6.07) is 7.71. The van der Waals surface area contributed by atoms with Gasteiger partial charge in [-0.3, -0.25) is 4.79 Å². The summed E-state index contributed by atoms with van der Waals surface area (Å²) in [5, 5.41) is 0. The molecule has 0 bridgehead atoms. The molecule has 4 heteroatoms. The van der Waals surface area contributed by atoms with Gasteiger partial charge in [0, 0.05) is 25.6 Å². The number of carbonyl (C=O) groups is 1. The van der Waals surface area contributed by atoms with Gasteiger partial charge >= 0.3 is 0 Å². The fourth-order valence-electron chi connectivity index (χ4n) is 1.46. The number of amides is 1. The fraction of sp³-hybridized carbons (Fsp3) is 0.417. The summed E-state index contributed by atoms with van der Waals surface area (Å²) < 4.78 is 5.23. The summed E-state index contributed by atoms with van der Waals surface area (Å²) in [5.74, 6) is 1.49. The van der Waals surface area contributed by atoms with E-state index in [1.807, 2.05) is 24.3 Å². The van der Waals surface area contributed by atoms with Crippen molar-refractivity contribution in [2.45, 2.75) is 13.0 Å². The van der Waals surface area contributed by atoms with Gasteiger partial charge in [0.15, 0.2) is 0 Å². The molecule has 0 spiro atoms. The molecule has 0 radical (unpaired) electrons. The number of thiol groups is 1. The van der Waals surface area contributed by atoms with Gasteiger partial charge in [0.05, 0.1) is 7.11 Å². The molecular weight excluding hydrogens is 222 g/mol. The molecule has 1 rings (SSSR count). The first-order chi connectivity index (χ1) is 7.69. The quantitative estimate of drug-likeness (QED) is 0.796. The lowest BCUT2D eigenvalue weighted by Gasteiger charge is -2.18. The number of carbonyl (C=O) groups excluding carboxylic acids is 1. The van der Waals surface area contributed by atoms with Gasteiger partial charge in [-0.2, -0.15) is 12.6 Å². The lowest BCUT2D eigenvalue weighted by molar-refractivity contribution is -0.129. The van der Waals surface area contributed by atoms with Gasteiger partial charge in [0.1, 0.15) is 5.75 Å². The summed E-state index contributed by atoms with van der Waals surface area (Å²) in [6.07, 6.45) is 0.467. The average molecular weight is 239 g/mol. The van der Waals surface area contributed by atoms with Gasteiger partial charge in [0.25, 0.3) is 0 Å². The highest BCUT2D eigenvalue weighted by molar-refractivity contribution is 7.80. The third-order valence-corrected chi connectivity index (χ3v) is 2.58. The van der Waals surface area contributed by atoms with Gasteiger partial charge in [-0.25, -0.2) is 0 Å². The Labute approximate surface area is 102 Å². The highest BCUT2D eigenvalue weighted by Crippen LogP contribution is 2.18. The van der Waals surface area contributed by atoms with E-state index in [0.717, 1.165) is 11.3 Å². The normalized spacial score (nSPS) is 9.94. The predicted octanol–water partition coefficient (Wildman–Crippen LogP) is 1.97. The first-order valence-corrected chi connectivity index (χ1v) is 5.79. The minimum absolute atomic E-state index is 0.0981. The highest BCUT2D eigenvalue weighted by atomic mass is 32.1. The van der Waals surface area contributed by atoms with Gasteiger partial charge in [0.2, 0.25) is 5.91 Å². The summed E-state index contributed by atoms with van der Waals surface area (Å²) >= 11 is 4.05. The Morgan fingerprint density at radius 2 is 2.12 bits per heavy atom. The number of para-hydroxylation sites is 1. The van der Waals surface area contributed by atoms with Crippen LogP contribution in [0.3, 0.4) is 0 Å². The van der Waals surface area contributed by atoms with Gasteiger partial charge in [-0.15, -0.1) is 0 Å². The topological polar surface area (TPSA) is 29.5 Å². The van der Waals surface area contributed by atoms with Crippen molar-refractivity contribution in [1.82, 2.24) is 4.90 Å². The standard InChI is InChI=1S/C12H17NO2S/c1-13(12(14)7-8-16)9-10-5-3-4-6-11(10)15-2/h3-6,16H,7-9H2,1-2H3. The van der Waals surface area contributed by atoms with Gasteiger partial charge in [-0.05, 0) is 11.8 Å². The lowest BCUT2D eigenvalue weighted by atomic mass is 10.2. The Balaban J connectivity index is 2.68. The Morgan fingerprint density at radius 1 is 1.44 bits per heavy atom. The maximum absolute atomic E-state index is 11.6. The van der Waals surface area contributed by atoms with Crippen LogP contribution in [0.15, 0.2) is 24.3 Å². The molecule has 0 aliphatic heterocycles. The molecule has 0 fully saturated rings. The molecule has 0 aliphatic rings. The van der Waals surface area contributed by atoms with E-state index < -0.39 is 0 Å². The third-order valence-electron chi connectivity index (χ3n) is 2.35. The molecule has 3 nitrogen and oxygen atoms in total. The molecule has 0 heterocycles. The second-order valence-electron chi connectivity index (χ2n) is 3.54. The van der Waals surface area contributed by atoms with Crippen LogP contribution in [-0.4, -0.2) is 30.7 Å². The lowest BCUT2D eigenvalue weighted by Crippen LogP contribution is -2.26. The van der Waals surface area contributed by atoms with Crippen molar-refractivity contribution in [3.63, 3.8) is 0 Å². The van der Waals surface area contributed by atoms with Crippen molar-refractivity contribution in [2.24, 2.45) is 0 Å². The Morgan fingerprint density at radius 3 is 2.75 bits per heavy atom. The molecular formula is C12H17NO2S. The van der Waals surface area contributed by atoms with Crippen molar-refractivity contribution in [3.05, 3.63) is 29.8 Å². The second kappa shape index (κ2) is 6.43. The molecule has 1 amide bonds. The molecule has 0 N–H and O–H groups in total. The first kappa shape index (κ1) is 12.9. The zero-order valence-electron chi connectivity index (χ0n) is 9.64. The van der Waals surface area contributed by atoms with Gasteiger partial charge in [-0.1, -0.05) is 18.2 Å². The first-order valence-electron chi connectivity index (χ1n) is 5.15. The van der Waals surface area contributed by atoms with E-state index in [9.17, 15) is 4.79 Å². The minimum atomic E-state index is 0.0981. The van der Waals surface area contributed by atoms with Crippen LogP contribution in [0.25, 0.3) is 0 Å². The van der Waals surface area contributed by atoms with E-state index in [1.165, 1.54) is 0 Å². The Bertz CT molecular complexity index is 355. The van der Waals surface area contributed by atoms with E-state index in [0.29, 0.717) is 18.7 Å². The number of hydrogen-bond donors (Lipinski definition) is 1. The molecule has 1 aromatic rings. The Kier molecular flexibility index (Phi) is 5.19. The van der Waals surface area contributed by atoms with Crippen LogP contribution in [0.1, 0.15) is 12.0 Å². The highest BCUT2D eigenvalue weighted by Gasteiger charge is 2.10. The van der Waals surface area contributed by atoms with E-state index >= 15 is 0 Å². The van der Waals surface area contributed by atoms with E-state index in [1.54, 1.807) is 19.1 Å². The monoisotopic (exact) mass is 239 g/mol. The van der Waals surface area contributed by atoms with Gasteiger partial charge < -0.3 is 9.64 Å². The number of ether oxygens (including phenoxy) is 1. The maximum atomic E-state index is 11.6. The maximum Gasteiger partial charge on any atom is 0.223 e. The van der Waals surface area contributed by atoms with E-state index in [-0.39, 0.29) is 5.91 Å². The smallest absolute Gasteiger partial charge is 0.223 e. The number of methoxy groups -OCH3 is 1. The molecule has 0 aromatic heterocycles. The number of nitrogens with zero attached hydrogens (tertiary/aromatic N) is 1. The Hall–Kier alpha value is -1.16. The zero-order chi connectivity index (χ0) is 12.0. The van der Waals surface area contributed by atoms with Crippen molar-refractivity contribution < 1.29 is 9.53 Å². The molecule has 0 atom stereocenters. The van der Waals surface area contributed by atoms with Crippen LogP contribution >= 0.6 is 12.6 Å². The largest absolute Gasteiger partial charge is 0.496 e. The number of benzene rings is 1.